The largest absolute Gasteiger partial charge is 0.497 e. The van der Waals surface area contributed by atoms with Crippen molar-refractivity contribution in [3.8, 4) is 17.2 Å². The summed E-state index contributed by atoms with van der Waals surface area (Å²) >= 11 is 0. The first-order valence-electron chi connectivity index (χ1n) is 10.3. The molecule has 0 bridgehead atoms. The van der Waals surface area contributed by atoms with Gasteiger partial charge in [0.05, 0.1) is 26.5 Å². The van der Waals surface area contributed by atoms with Crippen molar-refractivity contribution in [2.45, 2.75) is 6.42 Å². The Bertz CT molecular complexity index is 817. The van der Waals surface area contributed by atoms with E-state index in [9.17, 15) is 0 Å². The molecular formula is C23H33IN4O3. The molecule has 1 atom stereocenters. The number of halogens is 1. The van der Waals surface area contributed by atoms with Crippen LogP contribution in [0.2, 0.25) is 0 Å². The maximum Gasteiger partial charge on any atom is 0.191 e. The third-order valence-corrected chi connectivity index (χ3v) is 5.22. The van der Waals surface area contributed by atoms with Crippen LogP contribution in [0.25, 0.3) is 0 Å². The first-order valence-corrected chi connectivity index (χ1v) is 10.3. The number of aliphatic imine (C=N–C) groups is 1. The molecule has 1 fully saturated rings. The van der Waals surface area contributed by atoms with Gasteiger partial charge in [0.25, 0.3) is 0 Å². The minimum Gasteiger partial charge on any atom is -0.497 e. The second-order valence-electron chi connectivity index (χ2n) is 7.18. The third kappa shape index (κ3) is 7.37. The van der Waals surface area contributed by atoms with E-state index in [1.165, 1.54) is 5.69 Å². The summed E-state index contributed by atoms with van der Waals surface area (Å²) in [4.78, 5) is 6.70. The number of guanidine groups is 1. The molecule has 0 spiro atoms. The van der Waals surface area contributed by atoms with Crippen LogP contribution in [0.3, 0.4) is 0 Å². The van der Waals surface area contributed by atoms with E-state index in [4.69, 9.17) is 14.2 Å². The van der Waals surface area contributed by atoms with Gasteiger partial charge in [0.1, 0.15) is 23.9 Å². The Balaban J connectivity index is 0.00000341. The Labute approximate surface area is 202 Å². The van der Waals surface area contributed by atoms with Crippen LogP contribution in [0.15, 0.2) is 53.5 Å². The summed E-state index contributed by atoms with van der Waals surface area (Å²) in [7, 11) is 5.16. The van der Waals surface area contributed by atoms with E-state index in [0.29, 0.717) is 19.1 Å². The monoisotopic (exact) mass is 540 g/mol. The van der Waals surface area contributed by atoms with Crippen LogP contribution in [0.1, 0.15) is 6.42 Å². The summed E-state index contributed by atoms with van der Waals surface area (Å²) < 4.78 is 16.4. The molecule has 1 saturated heterocycles. The maximum absolute atomic E-state index is 5.74. The van der Waals surface area contributed by atoms with Crippen molar-refractivity contribution in [2.75, 3.05) is 59.0 Å². The van der Waals surface area contributed by atoms with E-state index in [1.807, 2.05) is 36.4 Å². The van der Waals surface area contributed by atoms with Gasteiger partial charge in [-0.2, -0.15) is 0 Å². The summed E-state index contributed by atoms with van der Waals surface area (Å²) in [5.41, 5.74) is 1.17. The molecule has 0 aliphatic carbocycles. The lowest BCUT2D eigenvalue weighted by molar-refractivity contribution is 0.321. The van der Waals surface area contributed by atoms with Crippen molar-refractivity contribution in [2.24, 2.45) is 10.9 Å². The molecule has 0 radical (unpaired) electrons. The Morgan fingerprint density at radius 2 is 1.77 bits per heavy atom. The summed E-state index contributed by atoms with van der Waals surface area (Å²) in [6.07, 6.45) is 1.14. The van der Waals surface area contributed by atoms with Crippen LogP contribution in [0.4, 0.5) is 5.69 Å². The van der Waals surface area contributed by atoms with E-state index >= 15 is 0 Å². The molecule has 31 heavy (non-hydrogen) atoms. The number of anilines is 1. The van der Waals surface area contributed by atoms with Gasteiger partial charge in [0.15, 0.2) is 5.96 Å². The lowest BCUT2D eigenvalue weighted by atomic mass is 10.1. The van der Waals surface area contributed by atoms with Crippen LogP contribution in [0, 0.1) is 5.92 Å². The van der Waals surface area contributed by atoms with E-state index in [1.54, 1.807) is 21.3 Å². The second kappa shape index (κ2) is 13.1. The number of rotatable bonds is 9. The lowest BCUT2D eigenvalue weighted by Crippen LogP contribution is -2.41. The smallest absolute Gasteiger partial charge is 0.191 e. The first-order chi connectivity index (χ1) is 14.7. The molecule has 2 aromatic rings. The van der Waals surface area contributed by atoms with Crippen molar-refractivity contribution >= 4 is 35.6 Å². The molecule has 8 heteroatoms. The Kier molecular flexibility index (Phi) is 10.6. The molecule has 0 aromatic heterocycles. The molecule has 1 heterocycles. The average Bonchev–Trinajstić information content (AvgIpc) is 3.27. The van der Waals surface area contributed by atoms with Crippen LogP contribution in [0.5, 0.6) is 17.2 Å². The van der Waals surface area contributed by atoms with Crippen molar-refractivity contribution in [3.05, 3.63) is 48.5 Å². The summed E-state index contributed by atoms with van der Waals surface area (Å²) in [5, 5.41) is 6.74. The van der Waals surface area contributed by atoms with E-state index < -0.39 is 0 Å². The number of nitrogens with zero attached hydrogens (tertiary/aromatic N) is 2. The maximum atomic E-state index is 5.74. The topological polar surface area (TPSA) is 67.4 Å². The lowest BCUT2D eigenvalue weighted by Gasteiger charge is -2.21. The molecule has 0 saturated carbocycles. The Morgan fingerprint density at radius 1 is 1.03 bits per heavy atom. The van der Waals surface area contributed by atoms with Gasteiger partial charge in [0, 0.05) is 26.7 Å². The molecule has 2 aromatic carbocycles. The van der Waals surface area contributed by atoms with Crippen LogP contribution >= 0.6 is 24.0 Å². The fraction of sp³-hybridized carbons (Fsp3) is 0.435. The molecule has 7 nitrogen and oxygen atoms in total. The highest BCUT2D eigenvalue weighted by Gasteiger charge is 2.24. The number of para-hydroxylation sites is 2. The van der Waals surface area contributed by atoms with Crippen molar-refractivity contribution in [3.63, 3.8) is 0 Å². The molecule has 1 unspecified atom stereocenters. The SMILES string of the molecule is CN=C(NCCOc1ccc(OC)cc1)NCC1CCN(c2ccccc2OC)C1.I. The molecule has 0 amide bonds. The fourth-order valence-electron chi connectivity index (χ4n) is 3.58. The van der Waals surface area contributed by atoms with Gasteiger partial charge in [-0.15, -0.1) is 24.0 Å². The van der Waals surface area contributed by atoms with Crippen molar-refractivity contribution in [1.29, 1.82) is 0 Å². The molecule has 1 aliphatic heterocycles. The predicted octanol–water partition coefficient (Wildman–Crippen LogP) is 3.39. The van der Waals surface area contributed by atoms with Crippen LogP contribution in [-0.4, -0.2) is 60.0 Å². The predicted molar refractivity (Wildman–Crippen MR) is 137 cm³/mol. The zero-order chi connectivity index (χ0) is 21.2. The average molecular weight is 540 g/mol. The van der Waals surface area contributed by atoms with Crippen LogP contribution in [-0.2, 0) is 0 Å². The zero-order valence-corrected chi connectivity index (χ0v) is 20.8. The van der Waals surface area contributed by atoms with E-state index in [0.717, 1.165) is 49.3 Å². The van der Waals surface area contributed by atoms with Gasteiger partial charge in [-0.1, -0.05) is 12.1 Å². The Hall–Kier alpha value is -2.36. The van der Waals surface area contributed by atoms with Gasteiger partial charge in [0.2, 0.25) is 0 Å². The number of nitrogens with one attached hydrogen (secondary N) is 2. The van der Waals surface area contributed by atoms with E-state index in [-0.39, 0.29) is 24.0 Å². The number of methoxy groups -OCH3 is 2. The van der Waals surface area contributed by atoms with Crippen molar-refractivity contribution < 1.29 is 14.2 Å². The van der Waals surface area contributed by atoms with Gasteiger partial charge in [-0.25, -0.2) is 0 Å². The van der Waals surface area contributed by atoms with Gasteiger partial charge >= 0.3 is 0 Å². The highest BCUT2D eigenvalue weighted by atomic mass is 127. The third-order valence-electron chi connectivity index (χ3n) is 5.22. The summed E-state index contributed by atoms with van der Waals surface area (Å²) in [6, 6.07) is 15.8. The summed E-state index contributed by atoms with van der Waals surface area (Å²) in [6.45, 7) is 4.14. The van der Waals surface area contributed by atoms with Gasteiger partial charge in [-0.05, 0) is 48.7 Å². The minimum absolute atomic E-state index is 0. The van der Waals surface area contributed by atoms with Gasteiger partial charge < -0.3 is 29.7 Å². The highest BCUT2D eigenvalue weighted by molar-refractivity contribution is 14.0. The number of hydrogen-bond acceptors (Lipinski definition) is 5. The molecule has 3 rings (SSSR count). The van der Waals surface area contributed by atoms with Crippen LogP contribution < -0.4 is 29.7 Å². The van der Waals surface area contributed by atoms with E-state index in [2.05, 4.69) is 32.7 Å². The minimum atomic E-state index is 0. The van der Waals surface area contributed by atoms with Crippen molar-refractivity contribution in [1.82, 2.24) is 10.6 Å². The zero-order valence-electron chi connectivity index (χ0n) is 18.5. The Morgan fingerprint density at radius 3 is 2.48 bits per heavy atom. The molecule has 2 N–H and O–H groups in total. The number of benzene rings is 2. The standard InChI is InChI=1S/C23H32N4O3.HI/c1-24-23(25-13-15-30-20-10-8-19(28-2)9-11-20)26-16-18-12-14-27(17-18)21-6-4-5-7-22(21)29-3;/h4-11,18H,12-17H2,1-3H3,(H2,24,25,26);1H. The molecular weight excluding hydrogens is 507 g/mol. The number of hydrogen-bond donors (Lipinski definition) is 2. The second-order valence-corrected chi connectivity index (χ2v) is 7.18. The quantitative estimate of drug-likeness (QED) is 0.220. The summed E-state index contributed by atoms with van der Waals surface area (Å²) in [5.74, 6) is 3.93. The first kappa shape index (κ1) is 24.9. The van der Waals surface area contributed by atoms with Gasteiger partial charge in [-0.3, -0.25) is 4.99 Å². The molecule has 1 aliphatic rings. The normalized spacial score (nSPS) is 15.8. The highest BCUT2D eigenvalue weighted by Crippen LogP contribution is 2.31. The molecule has 170 valence electrons. The fourth-order valence-corrected chi connectivity index (χ4v) is 3.58. The number of ether oxygens (including phenoxy) is 3.